The zero-order chi connectivity index (χ0) is 17.3. The number of halogens is 1. The van der Waals surface area contributed by atoms with Crippen molar-refractivity contribution < 1.29 is 13.2 Å². The molecule has 0 radical (unpaired) electrons. The fourth-order valence-corrected chi connectivity index (χ4v) is 3.29. The van der Waals surface area contributed by atoms with Crippen LogP contribution in [0.3, 0.4) is 0 Å². The highest BCUT2D eigenvalue weighted by Crippen LogP contribution is 2.23. The Morgan fingerprint density at radius 3 is 2.38 bits per heavy atom. The molecular weight excluding hydrogens is 392 g/mol. The molecule has 0 aromatic heterocycles. The Kier molecular flexibility index (Phi) is 4.40. The largest absolute Gasteiger partial charge is 0.322 e. The van der Waals surface area contributed by atoms with Crippen LogP contribution >= 0.6 is 15.9 Å². The van der Waals surface area contributed by atoms with Gasteiger partial charge in [0.25, 0.3) is 5.91 Å². The molecule has 5 nitrogen and oxygen atoms in total. The van der Waals surface area contributed by atoms with Gasteiger partial charge in [0.1, 0.15) is 0 Å². The summed E-state index contributed by atoms with van der Waals surface area (Å²) in [5.74, 6) is -0.428. The van der Waals surface area contributed by atoms with E-state index in [-0.39, 0.29) is 10.5 Å². The van der Waals surface area contributed by atoms with Crippen LogP contribution in [0.25, 0.3) is 10.8 Å². The minimum Gasteiger partial charge on any atom is -0.322 e. The third-order valence-corrected chi connectivity index (χ3v) is 5.12. The Morgan fingerprint density at radius 1 is 0.958 bits per heavy atom. The summed E-state index contributed by atoms with van der Waals surface area (Å²) in [5.41, 5.74) is 0.807. The quantitative estimate of drug-likeness (QED) is 0.699. The molecule has 3 rings (SSSR count). The normalized spacial score (nSPS) is 11.4. The van der Waals surface area contributed by atoms with Crippen molar-refractivity contribution in [3.63, 3.8) is 0 Å². The van der Waals surface area contributed by atoms with E-state index in [2.05, 4.69) is 21.2 Å². The van der Waals surface area contributed by atoms with E-state index >= 15 is 0 Å². The molecule has 0 fully saturated rings. The first-order chi connectivity index (χ1) is 11.3. The number of hydrogen-bond acceptors (Lipinski definition) is 3. The lowest BCUT2D eigenvalue weighted by Crippen LogP contribution is -2.16. The Hall–Kier alpha value is -2.22. The average Bonchev–Trinajstić information content (AvgIpc) is 2.54. The minimum atomic E-state index is -3.88. The van der Waals surface area contributed by atoms with E-state index in [9.17, 15) is 13.2 Å². The van der Waals surface area contributed by atoms with Crippen molar-refractivity contribution in [2.45, 2.75) is 4.90 Å². The van der Waals surface area contributed by atoms with Gasteiger partial charge in [-0.05, 0) is 57.0 Å². The summed E-state index contributed by atoms with van der Waals surface area (Å²) in [6, 6.07) is 17.4. The van der Waals surface area contributed by atoms with Crippen LogP contribution in [0.15, 0.2) is 70.0 Å². The van der Waals surface area contributed by atoms with Crippen LogP contribution in [0.5, 0.6) is 0 Å². The van der Waals surface area contributed by atoms with Gasteiger partial charge in [-0.1, -0.05) is 30.3 Å². The summed E-state index contributed by atoms with van der Waals surface area (Å²) in [4.78, 5) is 12.4. The van der Waals surface area contributed by atoms with Crippen LogP contribution in [0.1, 0.15) is 10.4 Å². The summed E-state index contributed by atoms with van der Waals surface area (Å²) in [6.07, 6.45) is 0. The number of benzene rings is 3. The van der Waals surface area contributed by atoms with E-state index in [1.54, 1.807) is 6.07 Å². The molecule has 24 heavy (non-hydrogen) atoms. The maximum absolute atomic E-state index is 12.5. The number of anilines is 1. The maximum Gasteiger partial charge on any atom is 0.256 e. The van der Waals surface area contributed by atoms with Crippen molar-refractivity contribution in [1.82, 2.24) is 0 Å². The van der Waals surface area contributed by atoms with Crippen molar-refractivity contribution in [2.75, 3.05) is 5.32 Å². The number of fused-ring (bicyclic) bond motifs is 1. The SMILES string of the molecule is NS(=O)(=O)c1ccc(Br)c(C(=O)Nc2ccc3ccccc3c2)c1. The van der Waals surface area contributed by atoms with Gasteiger partial charge in [-0.15, -0.1) is 0 Å². The first kappa shape index (κ1) is 16.6. The zero-order valence-electron chi connectivity index (χ0n) is 12.4. The second-order valence-corrected chi connectivity index (χ2v) is 7.62. The second-order valence-electron chi connectivity index (χ2n) is 5.20. The van der Waals surface area contributed by atoms with Gasteiger partial charge in [-0.25, -0.2) is 13.6 Å². The van der Waals surface area contributed by atoms with E-state index in [0.717, 1.165) is 10.8 Å². The van der Waals surface area contributed by atoms with Crippen LogP contribution in [0.4, 0.5) is 5.69 Å². The smallest absolute Gasteiger partial charge is 0.256 e. The van der Waals surface area contributed by atoms with Crippen molar-refractivity contribution in [1.29, 1.82) is 0 Å². The van der Waals surface area contributed by atoms with Gasteiger partial charge >= 0.3 is 0 Å². The summed E-state index contributed by atoms with van der Waals surface area (Å²) in [7, 11) is -3.88. The molecule has 0 aliphatic heterocycles. The van der Waals surface area contributed by atoms with Gasteiger partial charge in [0, 0.05) is 10.2 Å². The number of amides is 1. The number of carbonyl (C=O) groups is 1. The monoisotopic (exact) mass is 404 g/mol. The number of rotatable bonds is 3. The summed E-state index contributed by atoms with van der Waals surface area (Å²) < 4.78 is 23.4. The number of hydrogen-bond donors (Lipinski definition) is 2. The first-order valence-corrected chi connectivity index (χ1v) is 9.31. The Morgan fingerprint density at radius 2 is 1.67 bits per heavy atom. The molecule has 0 saturated carbocycles. The second kappa shape index (κ2) is 6.35. The topological polar surface area (TPSA) is 89.3 Å². The van der Waals surface area contributed by atoms with Gasteiger partial charge < -0.3 is 5.32 Å². The molecule has 0 aliphatic carbocycles. The first-order valence-electron chi connectivity index (χ1n) is 6.97. The third-order valence-electron chi connectivity index (χ3n) is 3.52. The van der Waals surface area contributed by atoms with Crippen LogP contribution in [0.2, 0.25) is 0 Å². The van der Waals surface area contributed by atoms with Crippen LogP contribution in [-0.2, 0) is 10.0 Å². The molecule has 0 spiro atoms. The van der Waals surface area contributed by atoms with Gasteiger partial charge in [-0.3, -0.25) is 4.79 Å². The molecule has 0 atom stereocenters. The number of nitrogens with two attached hydrogens (primary N) is 1. The Balaban J connectivity index is 1.94. The third kappa shape index (κ3) is 3.48. The standard InChI is InChI=1S/C17H13BrN2O3S/c18-16-8-7-14(24(19,22)23)10-15(16)17(21)20-13-6-5-11-3-1-2-4-12(11)9-13/h1-10H,(H,20,21)(H2,19,22,23). The summed E-state index contributed by atoms with van der Waals surface area (Å²) in [5, 5.41) is 9.94. The predicted octanol–water partition coefficient (Wildman–Crippen LogP) is 3.50. The molecule has 3 aromatic carbocycles. The molecule has 1 amide bonds. The number of sulfonamides is 1. The summed E-state index contributed by atoms with van der Waals surface area (Å²) >= 11 is 3.25. The number of nitrogens with one attached hydrogen (secondary N) is 1. The van der Waals surface area contributed by atoms with E-state index in [1.807, 2.05) is 36.4 Å². The molecule has 3 N–H and O–H groups in total. The van der Waals surface area contributed by atoms with E-state index < -0.39 is 15.9 Å². The number of carbonyl (C=O) groups excluding carboxylic acids is 1. The molecular formula is C17H13BrN2O3S. The lowest BCUT2D eigenvalue weighted by Gasteiger charge is -2.09. The van der Waals surface area contributed by atoms with E-state index in [0.29, 0.717) is 10.2 Å². The van der Waals surface area contributed by atoms with E-state index in [1.165, 1.54) is 18.2 Å². The van der Waals surface area contributed by atoms with Crippen LogP contribution in [-0.4, -0.2) is 14.3 Å². The summed E-state index contributed by atoms with van der Waals surface area (Å²) in [6.45, 7) is 0. The molecule has 7 heteroatoms. The lowest BCUT2D eigenvalue weighted by molar-refractivity contribution is 0.102. The molecule has 0 unspecified atom stereocenters. The van der Waals surface area contributed by atoms with Crippen molar-refractivity contribution in [3.05, 3.63) is 70.7 Å². The number of primary sulfonamides is 1. The lowest BCUT2D eigenvalue weighted by atomic mass is 10.1. The molecule has 0 bridgehead atoms. The fourth-order valence-electron chi connectivity index (χ4n) is 2.32. The van der Waals surface area contributed by atoms with Gasteiger partial charge in [0.2, 0.25) is 10.0 Å². The Labute approximate surface area is 147 Å². The van der Waals surface area contributed by atoms with Gasteiger partial charge in [-0.2, -0.15) is 0 Å². The fraction of sp³-hybridized carbons (Fsp3) is 0. The van der Waals surface area contributed by atoms with Crippen LogP contribution in [0, 0.1) is 0 Å². The van der Waals surface area contributed by atoms with Crippen molar-refractivity contribution >= 4 is 48.3 Å². The molecule has 122 valence electrons. The molecule has 0 saturated heterocycles. The molecule has 3 aromatic rings. The van der Waals surface area contributed by atoms with Crippen LogP contribution < -0.4 is 10.5 Å². The Bertz CT molecular complexity index is 1050. The highest BCUT2D eigenvalue weighted by atomic mass is 79.9. The predicted molar refractivity (Wildman–Crippen MR) is 97.4 cm³/mol. The van der Waals surface area contributed by atoms with Crippen molar-refractivity contribution in [2.24, 2.45) is 5.14 Å². The highest BCUT2D eigenvalue weighted by molar-refractivity contribution is 9.10. The van der Waals surface area contributed by atoms with Crippen molar-refractivity contribution in [3.8, 4) is 0 Å². The van der Waals surface area contributed by atoms with Gasteiger partial charge in [0.15, 0.2) is 0 Å². The van der Waals surface area contributed by atoms with E-state index in [4.69, 9.17) is 5.14 Å². The minimum absolute atomic E-state index is 0.116. The highest BCUT2D eigenvalue weighted by Gasteiger charge is 2.16. The molecule has 0 heterocycles. The zero-order valence-corrected chi connectivity index (χ0v) is 14.8. The maximum atomic E-state index is 12.5. The average molecular weight is 405 g/mol. The van der Waals surface area contributed by atoms with Gasteiger partial charge in [0.05, 0.1) is 10.5 Å². The molecule has 0 aliphatic rings.